The monoisotopic (exact) mass is 337 g/mol. The van der Waals surface area contributed by atoms with Crippen molar-refractivity contribution in [2.75, 3.05) is 6.54 Å². The van der Waals surface area contributed by atoms with Crippen LogP contribution in [0.15, 0.2) is 11.6 Å². The summed E-state index contributed by atoms with van der Waals surface area (Å²) >= 11 is 0. The summed E-state index contributed by atoms with van der Waals surface area (Å²) in [5, 5.41) is 0.290. The zero-order chi connectivity index (χ0) is 17.5. The van der Waals surface area contributed by atoms with Crippen molar-refractivity contribution in [2.45, 2.75) is 91.0 Å². The summed E-state index contributed by atoms with van der Waals surface area (Å²) in [6, 6.07) is 0. The summed E-state index contributed by atoms with van der Waals surface area (Å²) in [6.45, 7) is 17.4. The minimum atomic E-state index is -1.70. The van der Waals surface area contributed by atoms with E-state index in [9.17, 15) is 0 Å². The van der Waals surface area contributed by atoms with Crippen LogP contribution in [0.4, 0.5) is 0 Å². The van der Waals surface area contributed by atoms with E-state index < -0.39 is 8.32 Å². The smallest absolute Gasteiger partial charge is 0.192 e. The average Bonchev–Trinajstić information content (AvgIpc) is 2.44. The van der Waals surface area contributed by atoms with Crippen LogP contribution in [0.5, 0.6) is 0 Å². The second-order valence-electron chi connectivity index (χ2n) is 9.71. The van der Waals surface area contributed by atoms with Crippen LogP contribution in [0, 0.1) is 17.3 Å². The van der Waals surface area contributed by atoms with Gasteiger partial charge in [-0.1, -0.05) is 52.7 Å². The van der Waals surface area contributed by atoms with Crippen LogP contribution < -0.4 is 5.73 Å². The van der Waals surface area contributed by atoms with Crippen molar-refractivity contribution in [2.24, 2.45) is 23.0 Å². The van der Waals surface area contributed by atoms with Gasteiger partial charge in [0, 0.05) is 6.10 Å². The Morgan fingerprint density at radius 2 is 2.00 bits per heavy atom. The quantitative estimate of drug-likeness (QED) is 0.543. The molecular weight excluding hydrogens is 298 g/mol. The molecule has 2 rings (SSSR count). The third-order valence-corrected chi connectivity index (χ3v) is 11.6. The molecule has 0 radical (unpaired) electrons. The van der Waals surface area contributed by atoms with Crippen molar-refractivity contribution in [3.05, 3.63) is 11.6 Å². The van der Waals surface area contributed by atoms with Crippen molar-refractivity contribution in [3.63, 3.8) is 0 Å². The third kappa shape index (κ3) is 3.62. The van der Waals surface area contributed by atoms with Crippen molar-refractivity contribution >= 4 is 8.32 Å². The van der Waals surface area contributed by atoms with Gasteiger partial charge in [-0.3, -0.25) is 0 Å². The summed E-state index contributed by atoms with van der Waals surface area (Å²) in [7, 11) is -1.70. The Bertz CT molecular complexity index is 451. The highest BCUT2D eigenvalue weighted by molar-refractivity contribution is 6.74. The largest absolute Gasteiger partial charge is 0.414 e. The molecule has 2 aliphatic carbocycles. The molecule has 3 heteroatoms. The molecule has 2 N–H and O–H groups in total. The highest BCUT2D eigenvalue weighted by atomic mass is 28.4. The highest BCUT2D eigenvalue weighted by Crippen LogP contribution is 2.54. The first-order valence-corrected chi connectivity index (χ1v) is 12.5. The molecular formula is C20H39NOSi. The van der Waals surface area contributed by atoms with Crippen LogP contribution in [0.25, 0.3) is 0 Å². The van der Waals surface area contributed by atoms with Crippen LogP contribution >= 0.6 is 0 Å². The fraction of sp³-hybridized carbons (Fsp3) is 0.900. The van der Waals surface area contributed by atoms with Gasteiger partial charge in [0.1, 0.15) is 0 Å². The summed E-state index contributed by atoms with van der Waals surface area (Å²) in [6.07, 6.45) is 9.29. The zero-order valence-corrected chi connectivity index (χ0v) is 17.5. The fourth-order valence-corrected chi connectivity index (χ4v) is 5.96. The zero-order valence-electron chi connectivity index (χ0n) is 16.5. The normalized spacial score (nSPS) is 33.8. The van der Waals surface area contributed by atoms with E-state index in [4.69, 9.17) is 10.2 Å². The first kappa shape index (κ1) is 19.2. The summed E-state index contributed by atoms with van der Waals surface area (Å²) < 4.78 is 6.92. The minimum absolute atomic E-state index is 0.290. The number of hydrogen-bond acceptors (Lipinski definition) is 2. The van der Waals surface area contributed by atoms with Crippen molar-refractivity contribution in [1.82, 2.24) is 0 Å². The number of fused-ring (bicyclic) bond motifs is 1. The maximum Gasteiger partial charge on any atom is 0.192 e. The molecule has 0 unspecified atom stereocenters. The van der Waals surface area contributed by atoms with Crippen molar-refractivity contribution < 1.29 is 4.43 Å². The van der Waals surface area contributed by atoms with E-state index in [1.165, 1.54) is 32.1 Å². The lowest BCUT2D eigenvalue weighted by Gasteiger charge is -2.53. The molecule has 0 spiro atoms. The Morgan fingerprint density at radius 3 is 2.57 bits per heavy atom. The SMILES string of the molecule is C[C@H](CN)C1=CCC[C@H]2[C@@H](O[Si](C)(C)C(C)(C)C)CCC[C@]12C. The molecule has 4 atom stereocenters. The molecule has 0 amide bonds. The van der Waals surface area contributed by atoms with E-state index >= 15 is 0 Å². The lowest BCUT2D eigenvalue weighted by atomic mass is 9.56. The van der Waals surface area contributed by atoms with E-state index in [2.05, 4.69) is 53.8 Å². The fourth-order valence-electron chi connectivity index (χ4n) is 4.57. The van der Waals surface area contributed by atoms with Crippen LogP contribution in [0.3, 0.4) is 0 Å². The second kappa shape index (κ2) is 6.65. The van der Waals surface area contributed by atoms with E-state index in [1.54, 1.807) is 5.57 Å². The van der Waals surface area contributed by atoms with Gasteiger partial charge in [-0.25, -0.2) is 0 Å². The molecule has 0 aromatic heterocycles. The molecule has 1 saturated carbocycles. The van der Waals surface area contributed by atoms with Crippen LogP contribution in [0.1, 0.15) is 66.7 Å². The Morgan fingerprint density at radius 1 is 1.35 bits per heavy atom. The maximum absolute atomic E-state index is 6.92. The highest BCUT2D eigenvalue weighted by Gasteiger charge is 2.49. The summed E-state index contributed by atoms with van der Waals surface area (Å²) in [5.74, 6) is 1.19. The molecule has 23 heavy (non-hydrogen) atoms. The molecule has 0 aliphatic heterocycles. The molecule has 0 saturated heterocycles. The lowest BCUT2D eigenvalue weighted by Crippen LogP contribution is -2.52. The van der Waals surface area contributed by atoms with Crippen molar-refractivity contribution in [1.29, 1.82) is 0 Å². The Labute approximate surface area is 145 Å². The van der Waals surface area contributed by atoms with Gasteiger partial charge in [0.05, 0.1) is 0 Å². The molecule has 1 fully saturated rings. The number of allylic oxidation sites excluding steroid dienone is 1. The maximum atomic E-state index is 6.92. The standard InChI is InChI=1S/C20H39NOSi/c1-15(14-21)16-10-8-11-17-18(12-9-13-20(16,17)5)22-23(6,7)19(2,3)4/h10,15,17-18H,8-9,11-14,21H2,1-7H3/t15-,17+,18+,20-/m1/s1. The van der Waals surface area contributed by atoms with E-state index in [-0.39, 0.29) is 0 Å². The van der Waals surface area contributed by atoms with Gasteiger partial charge < -0.3 is 10.2 Å². The Hall–Kier alpha value is -0.123. The molecule has 134 valence electrons. The predicted octanol–water partition coefficient (Wildman–Crippen LogP) is 5.50. The van der Waals surface area contributed by atoms with Gasteiger partial charge in [0.25, 0.3) is 0 Å². The predicted molar refractivity (Wildman–Crippen MR) is 103 cm³/mol. The van der Waals surface area contributed by atoms with Gasteiger partial charge in [0.15, 0.2) is 8.32 Å². The lowest BCUT2D eigenvalue weighted by molar-refractivity contribution is -0.00484. The van der Waals surface area contributed by atoms with E-state index in [1.807, 2.05) is 0 Å². The van der Waals surface area contributed by atoms with Crippen molar-refractivity contribution in [3.8, 4) is 0 Å². The molecule has 0 bridgehead atoms. The first-order valence-electron chi connectivity index (χ1n) is 9.61. The number of rotatable bonds is 4. The minimum Gasteiger partial charge on any atom is -0.414 e. The summed E-state index contributed by atoms with van der Waals surface area (Å²) in [5.41, 5.74) is 7.94. The molecule has 0 heterocycles. The Balaban J connectivity index is 2.25. The van der Waals surface area contributed by atoms with Gasteiger partial charge in [0.2, 0.25) is 0 Å². The van der Waals surface area contributed by atoms with Crippen LogP contribution in [0.2, 0.25) is 18.1 Å². The number of nitrogens with two attached hydrogens (primary N) is 1. The average molecular weight is 338 g/mol. The van der Waals surface area contributed by atoms with E-state index in [0.29, 0.717) is 28.4 Å². The van der Waals surface area contributed by atoms with Gasteiger partial charge in [-0.2, -0.15) is 0 Å². The van der Waals surface area contributed by atoms with E-state index in [0.717, 1.165) is 6.54 Å². The van der Waals surface area contributed by atoms with Crippen LogP contribution in [-0.2, 0) is 4.43 Å². The molecule has 0 aromatic rings. The molecule has 2 nitrogen and oxygen atoms in total. The second-order valence-corrected chi connectivity index (χ2v) is 14.5. The first-order chi connectivity index (χ1) is 10.5. The molecule has 2 aliphatic rings. The summed E-state index contributed by atoms with van der Waals surface area (Å²) in [4.78, 5) is 0. The Kier molecular flexibility index (Phi) is 5.55. The number of hydrogen-bond donors (Lipinski definition) is 1. The topological polar surface area (TPSA) is 35.2 Å². The van der Waals surface area contributed by atoms with Gasteiger partial charge in [-0.05, 0) is 67.6 Å². The molecule has 0 aromatic carbocycles. The third-order valence-electron chi connectivity index (χ3n) is 7.09. The van der Waals surface area contributed by atoms with Gasteiger partial charge >= 0.3 is 0 Å². The van der Waals surface area contributed by atoms with Gasteiger partial charge in [-0.15, -0.1) is 0 Å². The van der Waals surface area contributed by atoms with Crippen LogP contribution in [-0.4, -0.2) is 21.0 Å².